The van der Waals surface area contributed by atoms with Crippen molar-refractivity contribution in [2.24, 2.45) is 5.92 Å². The van der Waals surface area contributed by atoms with Crippen molar-refractivity contribution in [2.75, 3.05) is 19.8 Å². The Morgan fingerprint density at radius 1 is 1.26 bits per heavy atom. The molecular weight excluding hydrogens is 314 g/mol. The topological polar surface area (TPSA) is 58.6 Å². The van der Waals surface area contributed by atoms with Crippen molar-refractivity contribution in [3.63, 3.8) is 0 Å². The Hall–Kier alpha value is -1.36. The lowest BCUT2D eigenvalue weighted by atomic mass is 9.73. The van der Waals surface area contributed by atoms with E-state index in [0.717, 1.165) is 12.0 Å². The molecule has 0 radical (unpaired) electrons. The fraction of sp³-hybridized carbons (Fsp3) is 0.500. The van der Waals surface area contributed by atoms with Crippen molar-refractivity contribution < 1.29 is 14.6 Å². The Labute approximate surface area is 141 Å². The molecule has 1 heterocycles. The van der Waals surface area contributed by atoms with E-state index in [2.05, 4.69) is 5.32 Å². The molecule has 0 bridgehead atoms. The average Bonchev–Trinajstić information content (AvgIpc) is 3.03. The number of halogens is 1. The third-order valence-corrected chi connectivity index (χ3v) is 5.15. The minimum Gasteiger partial charge on any atom is -0.396 e. The van der Waals surface area contributed by atoms with E-state index in [4.69, 9.17) is 16.3 Å². The van der Waals surface area contributed by atoms with Crippen LogP contribution in [-0.4, -0.2) is 36.9 Å². The minimum atomic E-state index is -0.562. The van der Waals surface area contributed by atoms with Crippen LogP contribution in [0.4, 0.5) is 0 Å². The van der Waals surface area contributed by atoms with Crippen molar-refractivity contribution in [3.05, 3.63) is 47.0 Å². The molecule has 1 aromatic carbocycles. The highest BCUT2D eigenvalue weighted by atomic mass is 35.5. The average molecular weight is 336 g/mol. The second-order valence-corrected chi connectivity index (χ2v) is 6.78. The van der Waals surface area contributed by atoms with Crippen molar-refractivity contribution >= 4 is 17.5 Å². The lowest BCUT2D eigenvalue weighted by Gasteiger charge is -2.37. The van der Waals surface area contributed by atoms with E-state index in [9.17, 15) is 9.90 Å². The Kier molecular flexibility index (Phi) is 5.05. The quantitative estimate of drug-likeness (QED) is 0.831. The summed E-state index contributed by atoms with van der Waals surface area (Å²) in [4.78, 5) is 13.1. The smallest absolute Gasteiger partial charge is 0.231 e. The van der Waals surface area contributed by atoms with Gasteiger partial charge in [-0.05, 0) is 37.0 Å². The molecule has 5 heteroatoms. The van der Waals surface area contributed by atoms with Gasteiger partial charge in [-0.1, -0.05) is 35.9 Å². The second-order valence-electron chi connectivity index (χ2n) is 6.34. The number of carbonyl (C=O) groups is 1. The molecule has 0 aromatic heterocycles. The first kappa shape index (κ1) is 16.5. The zero-order valence-electron chi connectivity index (χ0n) is 13.0. The molecule has 1 fully saturated rings. The number of hydrogen-bond acceptors (Lipinski definition) is 3. The second kappa shape index (κ2) is 7.04. The number of ether oxygens (including phenoxy) is 1. The van der Waals surface area contributed by atoms with Gasteiger partial charge in [0.15, 0.2) is 0 Å². The van der Waals surface area contributed by atoms with E-state index in [1.165, 1.54) is 0 Å². The number of rotatable bonds is 4. The van der Waals surface area contributed by atoms with Crippen LogP contribution in [0.1, 0.15) is 24.8 Å². The molecule has 2 N–H and O–H groups in total. The van der Waals surface area contributed by atoms with E-state index in [0.29, 0.717) is 31.1 Å². The number of carbonyl (C=O) groups excluding carboxylic acids is 1. The number of nitrogens with one attached hydrogen (secondary N) is 1. The maximum absolute atomic E-state index is 13.1. The highest BCUT2D eigenvalue weighted by molar-refractivity contribution is 6.30. The highest BCUT2D eigenvalue weighted by Crippen LogP contribution is 2.36. The summed E-state index contributed by atoms with van der Waals surface area (Å²) in [5, 5.41) is 13.0. The summed E-state index contributed by atoms with van der Waals surface area (Å²) >= 11 is 5.99. The van der Waals surface area contributed by atoms with Crippen LogP contribution in [-0.2, 0) is 14.9 Å². The molecule has 0 unspecified atom stereocenters. The lowest BCUT2D eigenvalue weighted by molar-refractivity contribution is -0.131. The normalized spacial score (nSPS) is 26.2. The molecule has 1 saturated heterocycles. The largest absolute Gasteiger partial charge is 0.396 e. The van der Waals surface area contributed by atoms with Gasteiger partial charge in [-0.15, -0.1) is 0 Å². The zero-order valence-corrected chi connectivity index (χ0v) is 13.8. The summed E-state index contributed by atoms with van der Waals surface area (Å²) < 4.78 is 5.47. The van der Waals surface area contributed by atoms with Gasteiger partial charge in [0, 0.05) is 36.8 Å². The third kappa shape index (κ3) is 3.44. The first-order chi connectivity index (χ1) is 11.1. The molecule has 0 spiro atoms. The van der Waals surface area contributed by atoms with Crippen molar-refractivity contribution in [1.82, 2.24) is 5.32 Å². The van der Waals surface area contributed by atoms with Crippen LogP contribution >= 0.6 is 11.6 Å². The Bertz CT molecular complexity index is 578. The molecule has 2 atom stereocenters. The number of amides is 1. The monoisotopic (exact) mass is 335 g/mol. The van der Waals surface area contributed by atoms with Crippen molar-refractivity contribution in [2.45, 2.75) is 30.7 Å². The zero-order chi connectivity index (χ0) is 16.3. The van der Waals surface area contributed by atoms with E-state index in [1.54, 1.807) is 0 Å². The molecule has 1 amide bonds. The van der Waals surface area contributed by atoms with Gasteiger partial charge >= 0.3 is 0 Å². The van der Waals surface area contributed by atoms with Gasteiger partial charge < -0.3 is 15.2 Å². The summed E-state index contributed by atoms with van der Waals surface area (Å²) in [7, 11) is 0. The molecule has 1 aromatic rings. The maximum atomic E-state index is 13.1. The highest BCUT2D eigenvalue weighted by Gasteiger charge is 2.42. The van der Waals surface area contributed by atoms with E-state index in [1.807, 2.05) is 36.4 Å². The molecular formula is C18H22ClNO3. The molecule has 3 rings (SSSR count). The van der Waals surface area contributed by atoms with Crippen LogP contribution in [0.25, 0.3) is 0 Å². The van der Waals surface area contributed by atoms with Crippen LogP contribution in [0.5, 0.6) is 0 Å². The van der Waals surface area contributed by atoms with Crippen LogP contribution in [0.15, 0.2) is 36.4 Å². The summed E-state index contributed by atoms with van der Waals surface area (Å²) in [5.41, 5.74) is 0.428. The first-order valence-electron chi connectivity index (χ1n) is 8.08. The molecule has 1 aliphatic heterocycles. The molecule has 0 saturated carbocycles. The fourth-order valence-corrected chi connectivity index (χ4v) is 3.59. The van der Waals surface area contributed by atoms with Crippen molar-refractivity contribution in [3.8, 4) is 0 Å². The van der Waals surface area contributed by atoms with Gasteiger partial charge in [-0.2, -0.15) is 0 Å². The van der Waals surface area contributed by atoms with Gasteiger partial charge in [0.25, 0.3) is 0 Å². The standard InChI is InChI=1S/C18H22ClNO3/c19-15-4-2-14(3-5-15)18(7-9-23-10-8-18)17(22)20-16-6-1-13(11-16)12-21/h1-6,13,16,21H,7-12H2,(H,20,22)/t13-,16+/m0/s1. The summed E-state index contributed by atoms with van der Waals surface area (Å²) in [6.07, 6.45) is 6.05. The third-order valence-electron chi connectivity index (χ3n) is 4.90. The number of aliphatic hydroxyl groups excluding tert-OH is 1. The molecule has 23 heavy (non-hydrogen) atoms. The predicted molar refractivity (Wildman–Crippen MR) is 89.4 cm³/mol. The summed E-state index contributed by atoms with van der Waals surface area (Å²) in [5.74, 6) is 0.179. The number of benzene rings is 1. The van der Waals surface area contributed by atoms with Crippen LogP contribution < -0.4 is 5.32 Å². The Morgan fingerprint density at radius 3 is 2.57 bits per heavy atom. The number of aliphatic hydroxyl groups is 1. The maximum Gasteiger partial charge on any atom is 0.231 e. The van der Waals surface area contributed by atoms with Gasteiger partial charge in [-0.25, -0.2) is 0 Å². The molecule has 4 nitrogen and oxygen atoms in total. The molecule has 124 valence electrons. The minimum absolute atomic E-state index is 0.00771. The lowest BCUT2D eigenvalue weighted by Crippen LogP contribution is -2.50. The summed E-state index contributed by atoms with van der Waals surface area (Å²) in [6.45, 7) is 1.28. The van der Waals surface area contributed by atoms with Gasteiger partial charge in [0.1, 0.15) is 0 Å². The van der Waals surface area contributed by atoms with E-state index < -0.39 is 5.41 Å². The predicted octanol–water partition coefficient (Wildman–Crippen LogP) is 2.44. The van der Waals surface area contributed by atoms with Gasteiger partial charge in [0.2, 0.25) is 5.91 Å². The fourth-order valence-electron chi connectivity index (χ4n) is 3.46. The van der Waals surface area contributed by atoms with Crippen LogP contribution in [0.3, 0.4) is 0 Å². The Morgan fingerprint density at radius 2 is 1.96 bits per heavy atom. The molecule has 2 aliphatic rings. The summed E-state index contributed by atoms with van der Waals surface area (Å²) in [6, 6.07) is 7.53. The Balaban J connectivity index is 1.80. The van der Waals surface area contributed by atoms with Crippen LogP contribution in [0, 0.1) is 5.92 Å². The first-order valence-corrected chi connectivity index (χ1v) is 8.46. The van der Waals surface area contributed by atoms with Crippen molar-refractivity contribution in [1.29, 1.82) is 0 Å². The van der Waals surface area contributed by atoms with Crippen LogP contribution in [0.2, 0.25) is 5.02 Å². The number of hydrogen-bond donors (Lipinski definition) is 2. The molecule has 1 aliphatic carbocycles. The van der Waals surface area contributed by atoms with Gasteiger partial charge in [0.05, 0.1) is 5.41 Å². The SMILES string of the molecule is O=C(N[C@@H]1C=C[C@H](CO)C1)C1(c2ccc(Cl)cc2)CCOCC1. The van der Waals surface area contributed by atoms with E-state index >= 15 is 0 Å². The van der Waals surface area contributed by atoms with Gasteiger partial charge in [-0.3, -0.25) is 4.79 Å². The van der Waals surface area contributed by atoms with E-state index in [-0.39, 0.29) is 24.5 Å².